The predicted octanol–water partition coefficient (Wildman–Crippen LogP) is 0.806. The molecule has 19 heavy (non-hydrogen) atoms. The van der Waals surface area contributed by atoms with Crippen LogP contribution in [0, 0.1) is 6.92 Å². The molecule has 0 aliphatic rings. The van der Waals surface area contributed by atoms with Crippen LogP contribution in [0.5, 0.6) is 0 Å². The second-order valence-electron chi connectivity index (χ2n) is 4.26. The smallest absolute Gasteiger partial charge is 0.240 e. The summed E-state index contributed by atoms with van der Waals surface area (Å²) in [5.74, 6) is 0.844. The second kappa shape index (κ2) is 5.28. The Morgan fingerprint density at radius 1 is 1.42 bits per heavy atom. The number of benzene rings is 1. The Hall–Kier alpha value is -1.44. The predicted molar refractivity (Wildman–Crippen MR) is 72.5 cm³/mol. The maximum atomic E-state index is 12.0. The Kier molecular flexibility index (Phi) is 3.88. The number of aromatic nitrogens is 2. The molecule has 6 nitrogen and oxygen atoms in total. The van der Waals surface area contributed by atoms with Crippen LogP contribution >= 0.6 is 0 Å². The first-order valence-corrected chi connectivity index (χ1v) is 7.35. The number of nitrogens with zero attached hydrogens (tertiary/aromatic N) is 2. The van der Waals surface area contributed by atoms with E-state index in [2.05, 4.69) is 9.71 Å². The number of nitrogens with one attached hydrogen (secondary N) is 1. The zero-order valence-corrected chi connectivity index (χ0v) is 12.0. The Morgan fingerprint density at radius 2 is 2.16 bits per heavy atom. The summed E-state index contributed by atoms with van der Waals surface area (Å²) < 4.78 is 33.3. The topological polar surface area (TPSA) is 73.2 Å². The van der Waals surface area contributed by atoms with Crippen molar-refractivity contribution in [1.29, 1.82) is 0 Å². The van der Waals surface area contributed by atoms with Gasteiger partial charge in [-0.05, 0) is 25.1 Å². The molecule has 1 heterocycles. The van der Waals surface area contributed by atoms with Crippen LogP contribution in [0.3, 0.4) is 0 Å². The molecule has 1 N–H and O–H groups in total. The largest absolute Gasteiger partial charge is 0.383 e. The minimum atomic E-state index is -3.51. The molecule has 2 aromatic rings. The molecular weight excluding hydrogens is 266 g/mol. The van der Waals surface area contributed by atoms with E-state index >= 15 is 0 Å². The third-order valence-electron chi connectivity index (χ3n) is 2.98. The molecule has 2 rings (SSSR count). The number of aryl methyl sites for hydroxylation is 2. The molecule has 0 atom stereocenters. The van der Waals surface area contributed by atoms with Crippen LogP contribution in [-0.4, -0.2) is 38.2 Å². The molecular formula is C12H17N3O3S. The molecule has 0 aliphatic carbocycles. The number of hydrogen-bond donors (Lipinski definition) is 1. The summed E-state index contributed by atoms with van der Waals surface area (Å²) >= 11 is 0. The van der Waals surface area contributed by atoms with Crippen molar-refractivity contribution >= 4 is 21.1 Å². The van der Waals surface area contributed by atoms with Crippen molar-refractivity contribution in [2.45, 2.75) is 11.8 Å². The highest BCUT2D eigenvalue weighted by Gasteiger charge is 2.15. The van der Waals surface area contributed by atoms with E-state index in [1.54, 1.807) is 18.2 Å². The molecule has 0 aliphatic heterocycles. The van der Waals surface area contributed by atoms with Crippen molar-refractivity contribution in [3.63, 3.8) is 0 Å². The van der Waals surface area contributed by atoms with Gasteiger partial charge in [0, 0.05) is 20.7 Å². The van der Waals surface area contributed by atoms with E-state index < -0.39 is 10.0 Å². The molecule has 0 spiro atoms. The normalized spacial score (nSPS) is 12.2. The number of imidazole rings is 1. The number of ether oxygens (including phenoxy) is 1. The van der Waals surface area contributed by atoms with E-state index in [1.165, 1.54) is 7.11 Å². The lowest BCUT2D eigenvalue weighted by Gasteiger charge is -2.06. The molecule has 1 aromatic heterocycles. The number of methoxy groups -OCH3 is 1. The van der Waals surface area contributed by atoms with Crippen LogP contribution in [0.1, 0.15) is 5.82 Å². The summed E-state index contributed by atoms with van der Waals surface area (Å²) in [5, 5.41) is 0. The molecule has 0 fully saturated rings. The summed E-state index contributed by atoms with van der Waals surface area (Å²) in [6, 6.07) is 4.93. The molecule has 7 heteroatoms. The number of sulfonamides is 1. The fourth-order valence-electron chi connectivity index (χ4n) is 1.83. The molecule has 1 aromatic carbocycles. The number of hydrogen-bond acceptors (Lipinski definition) is 4. The lowest BCUT2D eigenvalue weighted by molar-refractivity contribution is 0.204. The van der Waals surface area contributed by atoms with Crippen molar-refractivity contribution in [1.82, 2.24) is 14.3 Å². The van der Waals surface area contributed by atoms with Gasteiger partial charge in [-0.1, -0.05) is 0 Å². The standard InChI is InChI=1S/C12H17N3O3S/c1-9-14-11-8-10(4-5-12(11)15(9)2)19(16,17)13-6-7-18-3/h4-5,8,13H,6-7H2,1-3H3. The van der Waals surface area contributed by atoms with Crippen molar-refractivity contribution in [2.24, 2.45) is 7.05 Å². The minimum absolute atomic E-state index is 0.217. The van der Waals surface area contributed by atoms with Crippen LogP contribution in [0.15, 0.2) is 23.1 Å². The highest BCUT2D eigenvalue weighted by Crippen LogP contribution is 2.19. The van der Waals surface area contributed by atoms with Crippen LogP contribution in [-0.2, 0) is 21.8 Å². The first kappa shape index (κ1) is 14.0. The van der Waals surface area contributed by atoms with Gasteiger partial charge in [-0.3, -0.25) is 0 Å². The maximum Gasteiger partial charge on any atom is 0.240 e. The van der Waals surface area contributed by atoms with Gasteiger partial charge in [0.05, 0.1) is 22.5 Å². The van der Waals surface area contributed by atoms with E-state index in [1.807, 2.05) is 18.5 Å². The molecule has 0 bridgehead atoms. The molecule has 0 radical (unpaired) electrons. The Balaban J connectivity index is 2.35. The van der Waals surface area contributed by atoms with Gasteiger partial charge in [0.25, 0.3) is 0 Å². The maximum absolute atomic E-state index is 12.0. The zero-order chi connectivity index (χ0) is 14.0. The van der Waals surface area contributed by atoms with E-state index in [4.69, 9.17) is 4.74 Å². The lowest BCUT2D eigenvalue weighted by atomic mass is 10.3. The monoisotopic (exact) mass is 283 g/mol. The third-order valence-corrected chi connectivity index (χ3v) is 4.44. The van der Waals surface area contributed by atoms with Crippen molar-refractivity contribution < 1.29 is 13.2 Å². The molecule has 0 unspecified atom stereocenters. The van der Waals surface area contributed by atoms with Gasteiger partial charge in [0.1, 0.15) is 5.82 Å². The highest BCUT2D eigenvalue weighted by molar-refractivity contribution is 7.89. The summed E-state index contributed by atoms with van der Waals surface area (Å²) in [4.78, 5) is 4.55. The van der Waals surface area contributed by atoms with Crippen LogP contribution in [0.2, 0.25) is 0 Å². The van der Waals surface area contributed by atoms with Crippen molar-refractivity contribution in [2.75, 3.05) is 20.3 Å². The van der Waals surface area contributed by atoms with E-state index in [0.717, 1.165) is 11.3 Å². The molecule has 0 saturated heterocycles. The van der Waals surface area contributed by atoms with Crippen LogP contribution < -0.4 is 4.72 Å². The van der Waals surface area contributed by atoms with E-state index in [0.29, 0.717) is 12.1 Å². The SMILES string of the molecule is COCCNS(=O)(=O)c1ccc2c(c1)nc(C)n2C. The average molecular weight is 283 g/mol. The summed E-state index contributed by atoms with van der Waals surface area (Å²) in [6.07, 6.45) is 0. The van der Waals surface area contributed by atoms with E-state index in [9.17, 15) is 8.42 Å². The second-order valence-corrected chi connectivity index (χ2v) is 6.03. The Morgan fingerprint density at radius 3 is 2.84 bits per heavy atom. The zero-order valence-electron chi connectivity index (χ0n) is 11.2. The Labute approximate surface area is 112 Å². The third kappa shape index (κ3) is 2.78. The van der Waals surface area contributed by atoms with Gasteiger partial charge >= 0.3 is 0 Å². The minimum Gasteiger partial charge on any atom is -0.383 e. The van der Waals surface area contributed by atoms with E-state index in [-0.39, 0.29) is 11.4 Å². The van der Waals surface area contributed by atoms with Gasteiger partial charge in [0.15, 0.2) is 0 Å². The number of fused-ring (bicyclic) bond motifs is 1. The first-order chi connectivity index (χ1) is 8.95. The van der Waals surface area contributed by atoms with Gasteiger partial charge in [-0.25, -0.2) is 18.1 Å². The van der Waals surface area contributed by atoms with Crippen LogP contribution in [0.4, 0.5) is 0 Å². The van der Waals surface area contributed by atoms with Crippen LogP contribution in [0.25, 0.3) is 11.0 Å². The summed E-state index contributed by atoms with van der Waals surface area (Å²) in [6.45, 7) is 2.47. The van der Waals surface area contributed by atoms with Gasteiger partial charge < -0.3 is 9.30 Å². The van der Waals surface area contributed by atoms with Gasteiger partial charge in [-0.15, -0.1) is 0 Å². The molecule has 104 valence electrons. The molecule has 0 amide bonds. The summed E-state index contributed by atoms with van der Waals surface area (Å²) in [7, 11) is -0.0835. The summed E-state index contributed by atoms with van der Waals surface area (Å²) in [5.41, 5.74) is 1.59. The highest BCUT2D eigenvalue weighted by atomic mass is 32.2. The quantitative estimate of drug-likeness (QED) is 0.824. The fourth-order valence-corrected chi connectivity index (χ4v) is 2.86. The van der Waals surface area contributed by atoms with Gasteiger partial charge in [-0.2, -0.15) is 0 Å². The van der Waals surface area contributed by atoms with Crippen molar-refractivity contribution in [3.05, 3.63) is 24.0 Å². The lowest BCUT2D eigenvalue weighted by Crippen LogP contribution is -2.27. The number of rotatable bonds is 5. The van der Waals surface area contributed by atoms with Gasteiger partial charge in [0.2, 0.25) is 10.0 Å². The average Bonchev–Trinajstić information content (AvgIpc) is 2.65. The molecule has 0 saturated carbocycles. The van der Waals surface area contributed by atoms with Crippen molar-refractivity contribution in [3.8, 4) is 0 Å². The first-order valence-electron chi connectivity index (χ1n) is 5.87. The fraction of sp³-hybridized carbons (Fsp3) is 0.417. The Bertz CT molecular complexity index is 692.